The first-order valence-corrected chi connectivity index (χ1v) is 8.31. The molecule has 1 heterocycles. The summed E-state index contributed by atoms with van der Waals surface area (Å²) in [6.45, 7) is 1.21. The number of rotatable bonds is 2. The van der Waals surface area contributed by atoms with Crippen molar-refractivity contribution in [2.45, 2.75) is 76.3 Å². The Balaban J connectivity index is 1.74. The maximum Gasteiger partial charge on any atom is 0.137 e. The van der Waals surface area contributed by atoms with Crippen molar-refractivity contribution in [2.24, 2.45) is 5.92 Å². The number of nitrogens with zero attached hydrogens (tertiary/aromatic N) is 1. The van der Waals surface area contributed by atoms with Gasteiger partial charge in [0.05, 0.1) is 0 Å². The Labute approximate surface area is 117 Å². The number of Topliss-reactive ketones (excluding diaryl/α,β-unsaturated/α-hetero) is 1. The van der Waals surface area contributed by atoms with Gasteiger partial charge in [-0.05, 0) is 51.5 Å². The van der Waals surface area contributed by atoms with Crippen molar-refractivity contribution in [1.29, 1.82) is 0 Å². The molecule has 0 spiro atoms. The first kappa shape index (κ1) is 13.4. The zero-order valence-electron chi connectivity index (χ0n) is 12.0. The van der Waals surface area contributed by atoms with E-state index in [1.807, 2.05) is 0 Å². The van der Waals surface area contributed by atoms with Crippen molar-refractivity contribution in [2.75, 3.05) is 6.54 Å². The highest BCUT2D eigenvalue weighted by molar-refractivity contribution is 5.82. The molecule has 2 heteroatoms. The molecule has 3 atom stereocenters. The molecule has 0 bridgehead atoms. The number of ketones is 1. The molecule has 19 heavy (non-hydrogen) atoms. The Morgan fingerprint density at radius 1 is 1.00 bits per heavy atom. The van der Waals surface area contributed by atoms with Crippen LogP contribution in [0, 0.1) is 5.92 Å². The molecule has 0 radical (unpaired) electrons. The van der Waals surface area contributed by atoms with E-state index in [1.165, 1.54) is 51.5 Å². The molecule has 0 amide bonds. The van der Waals surface area contributed by atoms with Crippen LogP contribution in [0.4, 0.5) is 0 Å². The van der Waals surface area contributed by atoms with Gasteiger partial charge >= 0.3 is 0 Å². The Morgan fingerprint density at radius 3 is 2.68 bits per heavy atom. The molecule has 3 rings (SSSR count). The molecule has 0 aromatic carbocycles. The number of allylic oxidation sites excluding steroid dienone is 1. The lowest BCUT2D eigenvalue weighted by atomic mass is 9.78. The Morgan fingerprint density at radius 2 is 1.89 bits per heavy atom. The summed E-state index contributed by atoms with van der Waals surface area (Å²) in [6, 6.07) is 1.17. The summed E-state index contributed by atoms with van der Waals surface area (Å²) in [5, 5.41) is 0. The van der Waals surface area contributed by atoms with E-state index in [0.717, 1.165) is 19.3 Å². The summed E-state index contributed by atoms with van der Waals surface area (Å²) in [6.07, 6.45) is 16.9. The van der Waals surface area contributed by atoms with Crippen molar-refractivity contribution in [3.63, 3.8) is 0 Å². The molecule has 2 aliphatic carbocycles. The summed E-state index contributed by atoms with van der Waals surface area (Å²) in [5.74, 6) is 0.910. The SMILES string of the molecule is O=C1CCCCC1C1CCCCN1C1C=CCCC1. The molecular formula is C17H27NO. The minimum absolute atomic E-state index is 0.351. The fraction of sp³-hybridized carbons (Fsp3) is 0.824. The zero-order valence-corrected chi connectivity index (χ0v) is 12.0. The van der Waals surface area contributed by atoms with Crippen LogP contribution < -0.4 is 0 Å². The summed E-state index contributed by atoms with van der Waals surface area (Å²) in [7, 11) is 0. The average molecular weight is 261 g/mol. The first-order chi connectivity index (χ1) is 9.36. The van der Waals surface area contributed by atoms with E-state index in [1.54, 1.807) is 0 Å². The van der Waals surface area contributed by atoms with Crippen LogP contribution in [0.3, 0.4) is 0 Å². The molecule has 3 unspecified atom stereocenters. The number of likely N-dealkylation sites (tertiary alicyclic amines) is 1. The van der Waals surface area contributed by atoms with Gasteiger partial charge in [0.25, 0.3) is 0 Å². The van der Waals surface area contributed by atoms with Crippen LogP contribution in [0.15, 0.2) is 12.2 Å². The lowest BCUT2D eigenvalue weighted by Crippen LogP contribution is -2.51. The third-order valence-corrected chi connectivity index (χ3v) is 5.31. The van der Waals surface area contributed by atoms with Crippen LogP contribution in [0.25, 0.3) is 0 Å². The third-order valence-electron chi connectivity index (χ3n) is 5.31. The van der Waals surface area contributed by atoms with Crippen LogP contribution in [-0.2, 0) is 4.79 Å². The number of carbonyl (C=O) groups excluding carboxylic acids is 1. The van der Waals surface area contributed by atoms with Gasteiger partial charge in [-0.15, -0.1) is 0 Å². The van der Waals surface area contributed by atoms with E-state index in [9.17, 15) is 4.79 Å². The summed E-state index contributed by atoms with van der Waals surface area (Å²) in [5.41, 5.74) is 0. The highest BCUT2D eigenvalue weighted by atomic mass is 16.1. The highest BCUT2D eigenvalue weighted by Crippen LogP contribution is 2.34. The molecule has 1 saturated carbocycles. The van der Waals surface area contributed by atoms with Gasteiger partial charge in [-0.2, -0.15) is 0 Å². The van der Waals surface area contributed by atoms with Crippen molar-refractivity contribution in [1.82, 2.24) is 4.90 Å². The molecule has 2 nitrogen and oxygen atoms in total. The summed E-state index contributed by atoms with van der Waals surface area (Å²) >= 11 is 0. The average Bonchev–Trinajstić information content (AvgIpc) is 2.49. The second kappa shape index (κ2) is 6.21. The highest BCUT2D eigenvalue weighted by Gasteiger charge is 2.37. The van der Waals surface area contributed by atoms with E-state index in [-0.39, 0.29) is 0 Å². The lowest BCUT2D eigenvalue weighted by molar-refractivity contribution is -0.128. The predicted molar refractivity (Wildman–Crippen MR) is 78.1 cm³/mol. The van der Waals surface area contributed by atoms with Gasteiger partial charge in [0.15, 0.2) is 0 Å². The van der Waals surface area contributed by atoms with Gasteiger partial charge in [0.2, 0.25) is 0 Å². The van der Waals surface area contributed by atoms with Crippen LogP contribution in [0.5, 0.6) is 0 Å². The van der Waals surface area contributed by atoms with Crippen LogP contribution in [0.1, 0.15) is 64.2 Å². The standard InChI is InChI=1S/C17H27NO/c19-17-12-5-4-10-15(17)16-11-6-7-13-18(16)14-8-2-1-3-9-14/h2,8,14-16H,1,3-7,9-13H2. The summed E-state index contributed by atoms with van der Waals surface area (Å²) in [4.78, 5) is 15.0. The van der Waals surface area contributed by atoms with Crippen molar-refractivity contribution in [3.8, 4) is 0 Å². The number of hydrogen-bond acceptors (Lipinski definition) is 2. The minimum Gasteiger partial charge on any atom is -0.299 e. The maximum atomic E-state index is 12.3. The van der Waals surface area contributed by atoms with Crippen LogP contribution in [0.2, 0.25) is 0 Å². The summed E-state index contributed by atoms with van der Waals surface area (Å²) < 4.78 is 0. The van der Waals surface area contributed by atoms with Gasteiger partial charge in [0.1, 0.15) is 5.78 Å². The quantitative estimate of drug-likeness (QED) is 0.706. The van der Waals surface area contributed by atoms with Gasteiger partial charge in [0, 0.05) is 24.4 Å². The van der Waals surface area contributed by atoms with Crippen LogP contribution >= 0.6 is 0 Å². The van der Waals surface area contributed by atoms with E-state index >= 15 is 0 Å². The Bertz CT molecular complexity index is 349. The molecule has 3 aliphatic rings. The molecular weight excluding hydrogens is 234 g/mol. The van der Waals surface area contributed by atoms with Crippen molar-refractivity contribution >= 4 is 5.78 Å². The van der Waals surface area contributed by atoms with E-state index < -0.39 is 0 Å². The van der Waals surface area contributed by atoms with Gasteiger partial charge in [-0.3, -0.25) is 9.69 Å². The second-order valence-corrected chi connectivity index (χ2v) is 6.55. The Kier molecular flexibility index (Phi) is 4.37. The number of hydrogen-bond donors (Lipinski definition) is 0. The largest absolute Gasteiger partial charge is 0.299 e. The first-order valence-electron chi connectivity index (χ1n) is 8.31. The van der Waals surface area contributed by atoms with E-state index in [0.29, 0.717) is 23.8 Å². The lowest BCUT2D eigenvalue weighted by Gasteiger charge is -2.45. The normalized spacial score (nSPS) is 37.5. The fourth-order valence-electron chi connectivity index (χ4n) is 4.31. The van der Waals surface area contributed by atoms with Crippen LogP contribution in [-0.4, -0.2) is 29.3 Å². The molecule has 0 aromatic heterocycles. The fourth-order valence-corrected chi connectivity index (χ4v) is 4.31. The number of piperidine rings is 1. The molecule has 0 N–H and O–H groups in total. The number of carbonyl (C=O) groups is 1. The predicted octanol–water partition coefficient (Wildman–Crippen LogP) is 3.71. The topological polar surface area (TPSA) is 20.3 Å². The molecule has 0 aromatic rings. The monoisotopic (exact) mass is 261 g/mol. The molecule has 106 valence electrons. The molecule has 1 aliphatic heterocycles. The smallest absolute Gasteiger partial charge is 0.137 e. The minimum atomic E-state index is 0.351. The van der Waals surface area contributed by atoms with Crippen molar-refractivity contribution in [3.05, 3.63) is 12.2 Å². The van der Waals surface area contributed by atoms with Gasteiger partial charge < -0.3 is 0 Å². The second-order valence-electron chi connectivity index (χ2n) is 6.55. The molecule has 2 fully saturated rings. The third kappa shape index (κ3) is 2.94. The maximum absolute atomic E-state index is 12.3. The molecule has 1 saturated heterocycles. The zero-order chi connectivity index (χ0) is 13.1. The van der Waals surface area contributed by atoms with E-state index in [4.69, 9.17) is 0 Å². The van der Waals surface area contributed by atoms with Gasteiger partial charge in [-0.1, -0.05) is 25.0 Å². The van der Waals surface area contributed by atoms with Gasteiger partial charge in [-0.25, -0.2) is 0 Å². The van der Waals surface area contributed by atoms with Crippen molar-refractivity contribution < 1.29 is 4.79 Å². The Hall–Kier alpha value is -0.630. The van der Waals surface area contributed by atoms with E-state index in [2.05, 4.69) is 17.1 Å².